The molecule has 1 amide bonds. The van der Waals surface area contributed by atoms with E-state index >= 15 is 0 Å². The number of pyridine rings is 1. The SMILES string of the molecule is O=C(N/N=C/c1cccnc1)c1ccccc1OCc1ccccc1. The average molecular weight is 331 g/mol. The topological polar surface area (TPSA) is 63.6 Å². The van der Waals surface area contributed by atoms with E-state index < -0.39 is 0 Å². The van der Waals surface area contributed by atoms with Gasteiger partial charge >= 0.3 is 0 Å². The minimum atomic E-state index is -0.330. The Morgan fingerprint density at radius 2 is 1.84 bits per heavy atom. The summed E-state index contributed by atoms with van der Waals surface area (Å²) in [6.07, 6.45) is 4.88. The number of carbonyl (C=O) groups excluding carboxylic acids is 1. The molecule has 3 aromatic rings. The van der Waals surface area contributed by atoms with Crippen LogP contribution in [-0.2, 0) is 6.61 Å². The van der Waals surface area contributed by atoms with Gasteiger partial charge in [-0.3, -0.25) is 9.78 Å². The predicted octanol–water partition coefficient (Wildman–Crippen LogP) is 3.42. The maximum absolute atomic E-state index is 12.3. The van der Waals surface area contributed by atoms with Gasteiger partial charge in [0.2, 0.25) is 0 Å². The van der Waals surface area contributed by atoms with Gasteiger partial charge in [-0.1, -0.05) is 48.5 Å². The van der Waals surface area contributed by atoms with Crippen LogP contribution < -0.4 is 10.2 Å². The molecule has 124 valence electrons. The Bertz CT molecular complexity index is 849. The molecular weight excluding hydrogens is 314 g/mol. The first kappa shape index (κ1) is 16.4. The van der Waals surface area contributed by atoms with Crippen molar-refractivity contribution in [3.63, 3.8) is 0 Å². The number of hydrogen-bond acceptors (Lipinski definition) is 4. The predicted molar refractivity (Wildman–Crippen MR) is 96.5 cm³/mol. The van der Waals surface area contributed by atoms with Gasteiger partial charge in [-0.05, 0) is 23.8 Å². The molecular formula is C20H17N3O2. The molecule has 0 spiro atoms. The van der Waals surface area contributed by atoms with Crippen LogP contribution in [0.25, 0.3) is 0 Å². The molecule has 1 N–H and O–H groups in total. The van der Waals surface area contributed by atoms with E-state index in [9.17, 15) is 4.79 Å². The fraction of sp³-hybridized carbons (Fsp3) is 0.0500. The average Bonchev–Trinajstić information content (AvgIpc) is 2.68. The Kier molecular flexibility index (Phi) is 5.51. The second kappa shape index (κ2) is 8.40. The molecule has 0 saturated heterocycles. The van der Waals surface area contributed by atoms with Crippen molar-refractivity contribution in [2.75, 3.05) is 0 Å². The minimum absolute atomic E-state index is 0.330. The number of hydrazone groups is 1. The molecule has 2 aromatic carbocycles. The molecule has 0 saturated carbocycles. The van der Waals surface area contributed by atoms with Crippen LogP contribution in [0, 0.1) is 0 Å². The number of aromatic nitrogens is 1. The molecule has 3 rings (SSSR count). The highest BCUT2D eigenvalue weighted by molar-refractivity contribution is 5.97. The molecule has 25 heavy (non-hydrogen) atoms. The summed E-state index contributed by atoms with van der Waals surface area (Å²) in [5, 5.41) is 3.96. The van der Waals surface area contributed by atoms with Crippen LogP contribution in [0.3, 0.4) is 0 Å². The van der Waals surface area contributed by atoms with E-state index in [2.05, 4.69) is 15.5 Å². The summed E-state index contributed by atoms with van der Waals surface area (Å²) in [5.41, 5.74) is 4.78. The van der Waals surface area contributed by atoms with Gasteiger partial charge in [0.15, 0.2) is 0 Å². The van der Waals surface area contributed by atoms with Gasteiger partial charge in [-0.25, -0.2) is 5.43 Å². The highest BCUT2D eigenvalue weighted by atomic mass is 16.5. The summed E-state index contributed by atoms with van der Waals surface area (Å²) in [4.78, 5) is 16.3. The van der Waals surface area contributed by atoms with E-state index in [0.717, 1.165) is 11.1 Å². The summed E-state index contributed by atoms with van der Waals surface area (Å²) >= 11 is 0. The maximum atomic E-state index is 12.3. The Labute approximate surface area is 146 Å². The first-order valence-electron chi connectivity index (χ1n) is 7.82. The van der Waals surface area contributed by atoms with Crippen LogP contribution in [0.2, 0.25) is 0 Å². The summed E-state index contributed by atoms with van der Waals surface area (Å²) in [6.45, 7) is 0.393. The lowest BCUT2D eigenvalue weighted by Crippen LogP contribution is -2.18. The number of para-hydroxylation sites is 1. The van der Waals surface area contributed by atoms with Gasteiger partial charge < -0.3 is 4.74 Å². The van der Waals surface area contributed by atoms with Crippen molar-refractivity contribution in [3.05, 3.63) is 95.8 Å². The molecule has 0 atom stereocenters. The zero-order chi connectivity index (χ0) is 17.3. The third-order valence-electron chi connectivity index (χ3n) is 3.43. The van der Waals surface area contributed by atoms with E-state index in [1.807, 2.05) is 42.5 Å². The van der Waals surface area contributed by atoms with Crippen molar-refractivity contribution in [2.24, 2.45) is 5.10 Å². The standard InChI is InChI=1S/C20H17N3O2/c24-20(23-22-14-17-9-6-12-21-13-17)18-10-4-5-11-19(18)25-15-16-7-2-1-3-8-16/h1-14H,15H2,(H,23,24)/b22-14+. The summed E-state index contributed by atoms with van der Waals surface area (Å²) in [5.74, 6) is 0.184. The molecule has 0 fully saturated rings. The van der Waals surface area contributed by atoms with E-state index in [4.69, 9.17) is 4.74 Å². The first-order chi connectivity index (χ1) is 12.3. The number of benzene rings is 2. The summed E-state index contributed by atoms with van der Waals surface area (Å²) in [6, 6.07) is 20.5. The minimum Gasteiger partial charge on any atom is -0.488 e. The van der Waals surface area contributed by atoms with Crippen molar-refractivity contribution in [1.82, 2.24) is 10.4 Å². The van der Waals surface area contributed by atoms with Gasteiger partial charge in [0, 0.05) is 18.0 Å². The third kappa shape index (κ3) is 4.75. The van der Waals surface area contributed by atoms with E-state index in [1.165, 1.54) is 0 Å². The largest absolute Gasteiger partial charge is 0.488 e. The number of rotatable bonds is 6. The van der Waals surface area contributed by atoms with Crippen molar-refractivity contribution >= 4 is 12.1 Å². The Hall–Kier alpha value is -3.47. The van der Waals surface area contributed by atoms with Crippen LogP contribution in [0.4, 0.5) is 0 Å². The Balaban J connectivity index is 1.65. The van der Waals surface area contributed by atoms with Crippen molar-refractivity contribution < 1.29 is 9.53 Å². The first-order valence-corrected chi connectivity index (χ1v) is 7.82. The molecule has 5 nitrogen and oxygen atoms in total. The molecule has 0 aliphatic carbocycles. The Morgan fingerprint density at radius 3 is 2.64 bits per heavy atom. The number of nitrogens with zero attached hydrogens (tertiary/aromatic N) is 2. The highest BCUT2D eigenvalue weighted by Gasteiger charge is 2.11. The van der Waals surface area contributed by atoms with E-state index in [0.29, 0.717) is 17.9 Å². The van der Waals surface area contributed by atoms with Gasteiger partial charge in [0.05, 0.1) is 11.8 Å². The third-order valence-corrected chi connectivity index (χ3v) is 3.43. The maximum Gasteiger partial charge on any atom is 0.275 e. The number of nitrogens with one attached hydrogen (secondary N) is 1. The molecule has 1 heterocycles. The van der Waals surface area contributed by atoms with Crippen LogP contribution in [0.15, 0.2) is 84.2 Å². The fourth-order valence-electron chi connectivity index (χ4n) is 2.19. The quantitative estimate of drug-likeness (QED) is 0.556. The number of hydrogen-bond donors (Lipinski definition) is 1. The fourth-order valence-corrected chi connectivity index (χ4v) is 2.19. The smallest absolute Gasteiger partial charge is 0.275 e. The van der Waals surface area contributed by atoms with Gasteiger partial charge in [0.1, 0.15) is 12.4 Å². The van der Waals surface area contributed by atoms with Crippen LogP contribution in [0.1, 0.15) is 21.5 Å². The van der Waals surface area contributed by atoms with Gasteiger partial charge in [-0.2, -0.15) is 5.10 Å². The van der Waals surface area contributed by atoms with Crippen molar-refractivity contribution in [1.29, 1.82) is 0 Å². The number of amides is 1. The second-order valence-electron chi connectivity index (χ2n) is 5.26. The molecule has 0 aliphatic rings. The zero-order valence-corrected chi connectivity index (χ0v) is 13.5. The molecule has 0 bridgehead atoms. The van der Waals surface area contributed by atoms with E-state index in [1.54, 1.807) is 42.9 Å². The highest BCUT2D eigenvalue weighted by Crippen LogP contribution is 2.19. The van der Waals surface area contributed by atoms with Crippen LogP contribution in [0.5, 0.6) is 5.75 Å². The second-order valence-corrected chi connectivity index (χ2v) is 5.26. The van der Waals surface area contributed by atoms with Crippen LogP contribution in [-0.4, -0.2) is 17.1 Å². The Morgan fingerprint density at radius 1 is 1.04 bits per heavy atom. The molecule has 0 aliphatic heterocycles. The lowest BCUT2D eigenvalue weighted by Gasteiger charge is -2.10. The lowest BCUT2D eigenvalue weighted by molar-refractivity contribution is 0.0950. The molecule has 1 aromatic heterocycles. The van der Waals surface area contributed by atoms with Crippen LogP contribution >= 0.6 is 0 Å². The normalized spacial score (nSPS) is 10.6. The molecule has 0 radical (unpaired) electrons. The lowest BCUT2D eigenvalue weighted by atomic mass is 10.2. The number of carbonyl (C=O) groups is 1. The van der Waals surface area contributed by atoms with Crippen molar-refractivity contribution in [3.8, 4) is 5.75 Å². The zero-order valence-electron chi connectivity index (χ0n) is 13.5. The summed E-state index contributed by atoms with van der Waals surface area (Å²) < 4.78 is 5.79. The monoisotopic (exact) mass is 331 g/mol. The molecule has 5 heteroatoms. The summed E-state index contributed by atoms with van der Waals surface area (Å²) in [7, 11) is 0. The van der Waals surface area contributed by atoms with Crippen molar-refractivity contribution in [2.45, 2.75) is 6.61 Å². The number of ether oxygens (including phenoxy) is 1. The molecule has 0 unspecified atom stereocenters. The van der Waals surface area contributed by atoms with E-state index in [-0.39, 0.29) is 5.91 Å². The van der Waals surface area contributed by atoms with Gasteiger partial charge in [0.25, 0.3) is 5.91 Å². The van der Waals surface area contributed by atoms with Gasteiger partial charge in [-0.15, -0.1) is 0 Å².